The number of nitrogen functional groups attached to an aromatic ring is 1. The summed E-state index contributed by atoms with van der Waals surface area (Å²) in [7, 11) is 0. The molecule has 0 unspecified atom stereocenters. The molecule has 1 aromatic carbocycles. The van der Waals surface area contributed by atoms with Gasteiger partial charge in [-0.1, -0.05) is 18.2 Å². The van der Waals surface area contributed by atoms with Crippen molar-refractivity contribution in [2.45, 2.75) is 13.0 Å². The van der Waals surface area contributed by atoms with Crippen molar-refractivity contribution in [1.82, 2.24) is 20.2 Å². The Hall–Kier alpha value is -3.07. The lowest BCUT2D eigenvalue weighted by Gasteiger charge is -2.39. The number of nitrogens with two attached hydrogens (primary N) is 1. The Bertz CT molecular complexity index is 899. The number of hydrogen-bond acceptors (Lipinski definition) is 6. The van der Waals surface area contributed by atoms with Crippen LogP contribution in [0.4, 0.5) is 11.4 Å². The molecule has 5 N–H and O–H groups in total. The second-order valence-corrected chi connectivity index (χ2v) is 6.61. The van der Waals surface area contributed by atoms with E-state index < -0.39 is 17.2 Å². The van der Waals surface area contributed by atoms with Crippen LogP contribution in [-0.4, -0.2) is 59.5 Å². The van der Waals surface area contributed by atoms with Crippen molar-refractivity contribution >= 4 is 17.3 Å². The highest BCUT2D eigenvalue weighted by Crippen LogP contribution is 2.16. The van der Waals surface area contributed by atoms with Gasteiger partial charge in [0, 0.05) is 44.5 Å². The zero-order valence-corrected chi connectivity index (χ0v) is 15.2. The summed E-state index contributed by atoms with van der Waals surface area (Å²) in [4.78, 5) is 44.0. The fourth-order valence-electron chi connectivity index (χ4n) is 3.19. The number of amides is 1. The molecule has 1 aliphatic rings. The summed E-state index contributed by atoms with van der Waals surface area (Å²) in [6.45, 7) is 6.01. The van der Waals surface area contributed by atoms with Gasteiger partial charge in [-0.3, -0.25) is 19.5 Å². The number of anilines is 2. The minimum atomic E-state index is -0.769. The first-order valence-electron chi connectivity index (χ1n) is 8.90. The molecule has 9 heteroatoms. The van der Waals surface area contributed by atoms with E-state index in [1.54, 1.807) is 0 Å². The third-order valence-electron chi connectivity index (χ3n) is 4.82. The lowest BCUT2D eigenvalue weighted by Crippen LogP contribution is -2.52. The molecule has 1 amide bonds. The fraction of sp³-hybridized carbons (Fsp3) is 0.389. The molecule has 0 saturated carbocycles. The molecule has 27 heavy (non-hydrogen) atoms. The van der Waals surface area contributed by atoms with Gasteiger partial charge in [-0.25, -0.2) is 4.79 Å². The monoisotopic (exact) mass is 372 g/mol. The molecule has 1 aliphatic heterocycles. The number of aromatic nitrogens is 2. The van der Waals surface area contributed by atoms with Crippen LogP contribution >= 0.6 is 0 Å². The summed E-state index contributed by atoms with van der Waals surface area (Å²) < 4.78 is 0. The molecule has 144 valence electrons. The van der Waals surface area contributed by atoms with Crippen LogP contribution in [0.15, 0.2) is 39.9 Å². The maximum Gasteiger partial charge on any atom is 0.326 e. The van der Waals surface area contributed by atoms with E-state index in [2.05, 4.69) is 32.2 Å². The first kappa shape index (κ1) is 18.7. The summed E-state index contributed by atoms with van der Waals surface area (Å²) in [6.07, 6.45) is 0. The number of H-pyrrole nitrogens is 2. The normalized spacial score (nSPS) is 16.1. The van der Waals surface area contributed by atoms with Gasteiger partial charge in [-0.2, -0.15) is 0 Å². The minimum Gasteiger partial charge on any atom is -0.392 e. The Balaban J connectivity index is 1.53. The second kappa shape index (κ2) is 8.09. The number of nitrogens with zero attached hydrogens (tertiary/aromatic N) is 2. The van der Waals surface area contributed by atoms with Crippen LogP contribution in [0.5, 0.6) is 0 Å². The number of rotatable bonds is 5. The molecule has 1 aromatic heterocycles. The molecule has 9 nitrogen and oxygen atoms in total. The first-order valence-corrected chi connectivity index (χ1v) is 8.90. The molecule has 1 saturated heterocycles. The van der Waals surface area contributed by atoms with Crippen LogP contribution in [0.25, 0.3) is 0 Å². The topological polar surface area (TPSA) is 127 Å². The summed E-state index contributed by atoms with van der Waals surface area (Å²) in [5, 5.41) is 2.74. The third kappa shape index (κ3) is 4.37. The molecular weight excluding hydrogens is 348 g/mol. The highest BCUT2D eigenvalue weighted by Gasteiger charge is 2.22. The molecule has 0 radical (unpaired) electrons. The van der Waals surface area contributed by atoms with E-state index in [0.29, 0.717) is 6.54 Å². The number of carbonyl (C=O) groups excluding carboxylic acids is 1. The lowest BCUT2D eigenvalue weighted by molar-refractivity contribution is 0.0929. The van der Waals surface area contributed by atoms with Crippen molar-refractivity contribution in [3.8, 4) is 0 Å². The van der Waals surface area contributed by atoms with E-state index in [4.69, 9.17) is 5.73 Å². The lowest BCUT2D eigenvalue weighted by atomic mass is 10.2. The average Bonchev–Trinajstić information content (AvgIpc) is 2.69. The molecule has 2 heterocycles. The van der Waals surface area contributed by atoms with E-state index >= 15 is 0 Å². The molecule has 0 spiro atoms. The van der Waals surface area contributed by atoms with Gasteiger partial charge < -0.3 is 20.9 Å². The molecule has 0 bridgehead atoms. The molecular formula is C18H24N6O3. The summed E-state index contributed by atoms with van der Waals surface area (Å²) >= 11 is 0. The van der Waals surface area contributed by atoms with Crippen LogP contribution in [0, 0.1) is 0 Å². The molecule has 1 atom stereocenters. The van der Waals surface area contributed by atoms with Gasteiger partial charge in [0.1, 0.15) is 11.4 Å². The fourth-order valence-corrected chi connectivity index (χ4v) is 3.19. The van der Waals surface area contributed by atoms with Crippen molar-refractivity contribution < 1.29 is 4.79 Å². The summed E-state index contributed by atoms with van der Waals surface area (Å²) in [6, 6.07) is 10.4. The van der Waals surface area contributed by atoms with E-state index in [0.717, 1.165) is 26.2 Å². The van der Waals surface area contributed by atoms with Crippen molar-refractivity contribution in [3.63, 3.8) is 0 Å². The molecule has 0 aliphatic carbocycles. The number of piperazine rings is 1. The van der Waals surface area contributed by atoms with Crippen LogP contribution < -0.4 is 27.2 Å². The van der Waals surface area contributed by atoms with E-state index in [1.165, 1.54) is 5.69 Å². The van der Waals surface area contributed by atoms with Crippen LogP contribution in [-0.2, 0) is 0 Å². The minimum absolute atomic E-state index is 0.113. The van der Waals surface area contributed by atoms with Crippen LogP contribution in [0.3, 0.4) is 0 Å². The van der Waals surface area contributed by atoms with Gasteiger partial charge in [0.25, 0.3) is 11.5 Å². The van der Waals surface area contributed by atoms with E-state index in [1.807, 2.05) is 30.1 Å². The number of carbonyl (C=O) groups is 1. The maximum absolute atomic E-state index is 12.3. The van der Waals surface area contributed by atoms with Gasteiger partial charge in [-0.05, 0) is 19.1 Å². The van der Waals surface area contributed by atoms with Crippen LogP contribution in [0.1, 0.15) is 17.4 Å². The summed E-state index contributed by atoms with van der Waals surface area (Å²) in [5.41, 5.74) is 4.77. The SMILES string of the molecule is C[C@H](CNC(=O)c1[nH]c(=O)[nH]c(=O)c1N)N1CCN(c2ccccc2)CC1. The van der Waals surface area contributed by atoms with Crippen molar-refractivity contribution in [1.29, 1.82) is 0 Å². The third-order valence-corrected chi connectivity index (χ3v) is 4.82. The smallest absolute Gasteiger partial charge is 0.326 e. The van der Waals surface area contributed by atoms with Gasteiger partial charge in [0.15, 0.2) is 0 Å². The zero-order valence-electron chi connectivity index (χ0n) is 15.2. The number of aromatic amines is 2. The number of benzene rings is 1. The van der Waals surface area contributed by atoms with Crippen LogP contribution in [0.2, 0.25) is 0 Å². The Morgan fingerprint density at radius 2 is 1.81 bits per heavy atom. The Kier molecular flexibility index (Phi) is 5.60. The van der Waals surface area contributed by atoms with E-state index in [9.17, 15) is 14.4 Å². The van der Waals surface area contributed by atoms with E-state index in [-0.39, 0.29) is 17.4 Å². The first-order chi connectivity index (χ1) is 13.0. The number of nitrogens with one attached hydrogen (secondary N) is 3. The maximum atomic E-state index is 12.3. The van der Waals surface area contributed by atoms with Gasteiger partial charge in [-0.15, -0.1) is 0 Å². The number of para-hydroxylation sites is 1. The van der Waals surface area contributed by atoms with Crippen molar-refractivity contribution in [2.75, 3.05) is 43.4 Å². The molecule has 3 rings (SSSR count). The average molecular weight is 372 g/mol. The Morgan fingerprint density at radius 3 is 2.48 bits per heavy atom. The standard InChI is InChI=1S/C18H24N6O3/c1-12(11-20-17(26)15-14(19)16(25)22-18(27)21-15)23-7-9-24(10-8-23)13-5-3-2-4-6-13/h2-6,12H,7-11,19H2,1H3,(H,20,26)(H2,21,22,25,27)/t12-/m1/s1. The summed E-state index contributed by atoms with van der Waals surface area (Å²) in [5.74, 6) is -0.564. The predicted octanol–water partition coefficient (Wildman–Crippen LogP) is -0.414. The van der Waals surface area contributed by atoms with Gasteiger partial charge in [0.05, 0.1) is 0 Å². The highest BCUT2D eigenvalue weighted by atomic mass is 16.2. The second-order valence-electron chi connectivity index (χ2n) is 6.61. The quantitative estimate of drug-likeness (QED) is 0.565. The number of hydrogen-bond donors (Lipinski definition) is 4. The van der Waals surface area contributed by atoms with Crippen molar-refractivity contribution in [2.24, 2.45) is 0 Å². The predicted molar refractivity (Wildman–Crippen MR) is 104 cm³/mol. The molecule has 1 fully saturated rings. The van der Waals surface area contributed by atoms with Gasteiger partial charge >= 0.3 is 5.69 Å². The largest absolute Gasteiger partial charge is 0.392 e. The van der Waals surface area contributed by atoms with Crippen molar-refractivity contribution in [3.05, 3.63) is 56.9 Å². The molecule has 2 aromatic rings. The Morgan fingerprint density at radius 1 is 1.15 bits per heavy atom. The zero-order chi connectivity index (χ0) is 19.4. The Labute approximate surface area is 156 Å². The highest BCUT2D eigenvalue weighted by molar-refractivity contribution is 5.96. The van der Waals surface area contributed by atoms with Gasteiger partial charge in [0.2, 0.25) is 0 Å².